The highest BCUT2D eigenvalue weighted by Crippen LogP contribution is 2.27. The fraction of sp³-hybridized carbons (Fsp3) is 0.278. The summed E-state index contributed by atoms with van der Waals surface area (Å²) in [4.78, 5) is 26.7. The first-order valence-corrected chi connectivity index (χ1v) is 11.3. The first-order valence-electron chi connectivity index (χ1n) is 9.75. The lowest BCUT2D eigenvalue weighted by Gasteiger charge is -2.15. The van der Waals surface area contributed by atoms with Gasteiger partial charge in [-0.2, -0.15) is 5.10 Å². The van der Waals surface area contributed by atoms with Crippen LogP contribution in [0.3, 0.4) is 0 Å². The summed E-state index contributed by atoms with van der Waals surface area (Å²) in [5, 5.41) is 11.2. The second kappa shape index (κ2) is 8.97. The van der Waals surface area contributed by atoms with Gasteiger partial charge >= 0.3 is 0 Å². The highest BCUT2D eigenvalue weighted by Gasteiger charge is 2.29. The number of hydrogen-bond acceptors (Lipinski definition) is 10. The third-order valence-electron chi connectivity index (χ3n) is 4.72. The summed E-state index contributed by atoms with van der Waals surface area (Å²) in [6.45, 7) is 1.42. The van der Waals surface area contributed by atoms with E-state index < -0.39 is 26.6 Å². The van der Waals surface area contributed by atoms with Crippen molar-refractivity contribution in [3.63, 3.8) is 0 Å². The zero-order valence-corrected chi connectivity index (χ0v) is 19.0. The molecule has 0 aliphatic heterocycles. The van der Waals surface area contributed by atoms with Crippen molar-refractivity contribution < 1.29 is 17.5 Å². The van der Waals surface area contributed by atoms with Gasteiger partial charge in [-0.15, -0.1) is 10.2 Å². The number of hydrogen-bond donors (Lipinski definition) is 2. The molecular formula is C18H19FN10O4S. The summed E-state index contributed by atoms with van der Waals surface area (Å²) >= 11 is 0. The van der Waals surface area contributed by atoms with Crippen LogP contribution in [0.1, 0.15) is 12.7 Å². The Kier molecular flexibility index (Phi) is 6.06. The predicted molar refractivity (Wildman–Crippen MR) is 116 cm³/mol. The summed E-state index contributed by atoms with van der Waals surface area (Å²) in [7, 11) is -1.10. The minimum atomic E-state index is -4.09. The van der Waals surface area contributed by atoms with Gasteiger partial charge in [0.15, 0.2) is 17.3 Å². The van der Waals surface area contributed by atoms with E-state index in [2.05, 4.69) is 40.0 Å². The molecule has 0 aliphatic rings. The van der Waals surface area contributed by atoms with E-state index in [1.165, 1.54) is 18.7 Å². The fourth-order valence-electron chi connectivity index (χ4n) is 3.02. The number of rotatable bonds is 8. The maximum atomic E-state index is 13.1. The standard InChI is InChI=1S/C18H19FN10O4S/c1-10(6-13-20-7-11(19)8-21-13)34(31,32)27-18-25-24-15(12-4-5-28(2)26-12)29(18)14-16(30)22-9-23-17(14)33-3/h4-5,7-10H,6H2,1-3H3,(H,25,27)(H,22,23,30)/t10-/m1/s1. The number of aromatic amines is 1. The Morgan fingerprint density at radius 2 is 1.97 bits per heavy atom. The molecule has 4 heterocycles. The quantitative estimate of drug-likeness (QED) is 0.343. The number of anilines is 1. The molecule has 0 aromatic carbocycles. The van der Waals surface area contributed by atoms with Crippen molar-refractivity contribution in [1.82, 2.24) is 44.5 Å². The van der Waals surface area contributed by atoms with Crippen LogP contribution in [0.25, 0.3) is 17.2 Å². The van der Waals surface area contributed by atoms with E-state index in [1.54, 1.807) is 19.3 Å². The summed E-state index contributed by atoms with van der Waals surface area (Å²) in [6.07, 6.45) is 4.59. The Morgan fingerprint density at radius 1 is 1.24 bits per heavy atom. The molecule has 4 aromatic rings. The van der Waals surface area contributed by atoms with E-state index in [1.807, 2.05) is 0 Å². The third-order valence-corrected chi connectivity index (χ3v) is 6.42. The number of ether oxygens (including phenoxy) is 1. The number of aryl methyl sites for hydroxylation is 1. The van der Waals surface area contributed by atoms with Gasteiger partial charge < -0.3 is 9.72 Å². The Morgan fingerprint density at radius 3 is 2.62 bits per heavy atom. The lowest BCUT2D eigenvalue weighted by Crippen LogP contribution is -2.30. The smallest absolute Gasteiger partial charge is 0.279 e. The Hall–Kier alpha value is -4.21. The van der Waals surface area contributed by atoms with Crippen molar-refractivity contribution in [2.24, 2.45) is 7.05 Å². The van der Waals surface area contributed by atoms with Gasteiger partial charge in [-0.1, -0.05) is 0 Å². The number of methoxy groups -OCH3 is 1. The molecule has 0 fully saturated rings. The first-order chi connectivity index (χ1) is 16.2. The van der Waals surface area contributed by atoms with Crippen LogP contribution < -0.4 is 15.0 Å². The molecule has 14 nitrogen and oxygen atoms in total. The number of aromatic nitrogens is 9. The molecular weight excluding hydrogens is 471 g/mol. The van der Waals surface area contributed by atoms with Crippen molar-refractivity contribution >= 4 is 16.0 Å². The van der Waals surface area contributed by atoms with Gasteiger partial charge in [-0.05, 0) is 13.0 Å². The van der Waals surface area contributed by atoms with Crippen molar-refractivity contribution in [3.8, 4) is 23.1 Å². The van der Waals surface area contributed by atoms with Crippen LogP contribution in [-0.2, 0) is 23.5 Å². The zero-order chi connectivity index (χ0) is 24.5. The van der Waals surface area contributed by atoms with E-state index in [4.69, 9.17) is 4.74 Å². The molecule has 0 spiro atoms. The average molecular weight is 490 g/mol. The zero-order valence-electron chi connectivity index (χ0n) is 18.2. The molecule has 0 saturated heterocycles. The van der Waals surface area contributed by atoms with Crippen LogP contribution in [0, 0.1) is 5.82 Å². The molecule has 4 rings (SSSR count). The summed E-state index contributed by atoms with van der Waals surface area (Å²) in [6, 6.07) is 1.62. The molecule has 16 heteroatoms. The van der Waals surface area contributed by atoms with E-state index in [0.717, 1.165) is 23.3 Å². The van der Waals surface area contributed by atoms with Gasteiger partial charge in [-0.25, -0.2) is 32.3 Å². The molecule has 0 bridgehead atoms. The van der Waals surface area contributed by atoms with Crippen molar-refractivity contribution in [3.05, 3.63) is 53.0 Å². The molecule has 2 N–H and O–H groups in total. The molecule has 0 amide bonds. The van der Waals surface area contributed by atoms with Crippen LogP contribution in [0.5, 0.6) is 5.88 Å². The average Bonchev–Trinajstić information content (AvgIpc) is 3.40. The molecule has 4 aromatic heterocycles. The molecule has 0 unspecified atom stereocenters. The lowest BCUT2D eigenvalue weighted by molar-refractivity contribution is 0.394. The minimum absolute atomic E-state index is 0.0737. The van der Waals surface area contributed by atoms with Crippen LogP contribution >= 0.6 is 0 Å². The van der Waals surface area contributed by atoms with Crippen LogP contribution in [0.15, 0.2) is 35.8 Å². The topological polar surface area (TPSA) is 175 Å². The molecule has 178 valence electrons. The molecule has 1 atom stereocenters. The monoisotopic (exact) mass is 490 g/mol. The van der Waals surface area contributed by atoms with Crippen molar-refractivity contribution in [1.29, 1.82) is 0 Å². The molecule has 34 heavy (non-hydrogen) atoms. The van der Waals surface area contributed by atoms with Crippen LogP contribution in [0.4, 0.5) is 10.3 Å². The SMILES string of the molecule is COc1nc[nH]c(=O)c1-n1c(NS(=O)(=O)[C@H](C)Cc2ncc(F)cn2)nnc1-c1ccn(C)n1. The molecule has 0 saturated carbocycles. The van der Waals surface area contributed by atoms with Gasteiger partial charge in [0.1, 0.15) is 11.5 Å². The van der Waals surface area contributed by atoms with Crippen LogP contribution in [-0.4, -0.2) is 65.3 Å². The number of halogens is 1. The van der Waals surface area contributed by atoms with E-state index >= 15 is 0 Å². The molecule has 0 radical (unpaired) electrons. The number of sulfonamides is 1. The second-order valence-electron chi connectivity index (χ2n) is 7.13. The summed E-state index contributed by atoms with van der Waals surface area (Å²) < 4.78 is 49.4. The molecule has 0 aliphatic carbocycles. The number of nitrogens with one attached hydrogen (secondary N) is 2. The highest BCUT2D eigenvalue weighted by molar-refractivity contribution is 7.93. The Labute approximate surface area is 191 Å². The Balaban J connectivity index is 1.77. The van der Waals surface area contributed by atoms with Crippen LogP contribution in [0.2, 0.25) is 0 Å². The van der Waals surface area contributed by atoms with Crippen molar-refractivity contribution in [2.75, 3.05) is 11.8 Å². The van der Waals surface area contributed by atoms with E-state index in [-0.39, 0.29) is 35.6 Å². The summed E-state index contributed by atoms with van der Waals surface area (Å²) in [5.74, 6) is -0.800. The predicted octanol–water partition coefficient (Wildman–Crippen LogP) is 0.0617. The third kappa shape index (κ3) is 4.47. The normalized spacial score (nSPS) is 12.5. The largest absolute Gasteiger partial charge is 0.479 e. The van der Waals surface area contributed by atoms with Gasteiger partial charge in [0.05, 0.1) is 31.1 Å². The van der Waals surface area contributed by atoms with Gasteiger partial charge in [-0.3, -0.25) is 14.2 Å². The first kappa shape index (κ1) is 23.0. The lowest BCUT2D eigenvalue weighted by atomic mass is 10.3. The second-order valence-corrected chi connectivity index (χ2v) is 9.23. The number of nitrogens with zero attached hydrogens (tertiary/aromatic N) is 8. The van der Waals surface area contributed by atoms with Gasteiger partial charge in [0.2, 0.25) is 21.9 Å². The maximum Gasteiger partial charge on any atom is 0.279 e. The van der Waals surface area contributed by atoms with Crippen molar-refractivity contribution in [2.45, 2.75) is 18.6 Å². The van der Waals surface area contributed by atoms with E-state index in [9.17, 15) is 17.6 Å². The fourth-order valence-corrected chi connectivity index (χ4v) is 3.98. The Bertz CT molecular complexity index is 1480. The maximum absolute atomic E-state index is 13.1. The summed E-state index contributed by atoms with van der Waals surface area (Å²) in [5.41, 5.74) is -0.460. The van der Waals surface area contributed by atoms with Gasteiger partial charge in [0, 0.05) is 19.7 Å². The minimum Gasteiger partial charge on any atom is -0.479 e. The highest BCUT2D eigenvalue weighted by atomic mass is 32.2. The van der Waals surface area contributed by atoms with E-state index in [0.29, 0.717) is 5.69 Å². The van der Waals surface area contributed by atoms with Gasteiger partial charge in [0.25, 0.3) is 5.56 Å². The number of H-pyrrole nitrogens is 1.